The van der Waals surface area contributed by atoms with Gasteiger partial charge in [0.25, 0.3) is 11.6 Å². The third-order valence-electron chi connectivity index (χ3n) is 3.26. The van der Waals surface area contributed by atoms with Crippen LogP contribution in [0.2, 0.25) is 0 Å². The highest BCUT2D eigenvalue weighted by molar-refractivity contribution is 5.95. The number of rotatable bonds is 2. The number of nitro benzene ring substituents is 1. The van der Waals surface area contributed by atoms with Crippen molar-refractivity contribution in [3.05, 3.63) is 39.4 Å². The first-order valence-corrected chi connectivity index (χ1v) is 6.28. The number of hydrogen-bond acceptors (Lipinski definition) is 4. The quantitative estimate of drug-likeness (QED) is 0.646. The molecule has 19 heavy (non-hydrogen) atoms. The number of nitrogens with two attached hydrogens (primary N) is 1. The van der Waals surface area contributed by atoms with E-state index < -0.39 is 4.92 Å². The average Bonchev–Trinajstić information content (AvgIpc) is 2.37. The zero-order chi connectivity index (χ0) is 14.0. The van der Waals surface area contributed by atoms with E-state index in [1.165, 1.54) is 12.1 Å². The number of nitrogens with zero attached hydrogens (tertiary/aromatic N) is 2. The van der Waals surface area contributed by atoms with E-state index in [9.17, 15) is 14.9 Å². The molecule has 0 spiro atoms. The lowest BCUT2D eigenvalue weighted by Crippen LogP contribution is -2.45. The zero-order valence-corrected chi connectivity index (χ0v) is 10.8. The van der Waals surface area contributed by atoms with Crippen molar-refractivity contribution in [3.8, 4) is 0 Å². The SMILES string of the molecule is Cc1cc(C(=O)N2CCC[C@@H](N)C2)cc([N+](=O)[O-])c1. The number of benzene rings is 1. The lowest BCUT2D eigenvalue weighted by Gasteiger charge is -2.30. The van der Waals surface area contributed by atoms with Gasteiger partial charge in [-0.3, -0.25) is 14.9 Å². The standard InChI is InChI=1S/C13H17N3O3/c1-9-5-10(7-12(6-9)16(18)19)13(17)15-4-2-3-11(14)8-15/h5-7,11H,2-4,8,14H2,1H3/t11-/m1/s1. The minimum Gasteiger partial charge on any atom is -0.337 e. The Bertz CT molecular complexity index is 516. The number of nitro groups is 1. The van der Waals surface area contributed by atoms with Crippen molar-refractivity contribution < 1.29 is 9.72 Å². The molecule has 2 N–H and O–H groups in total. The molecule has 0 radical (unpaired) electrons. The summed E-state index contributed by atoms with van der Waals surface area (Å²) < 4.78 is 0. The molecule has 0 aliphatic carbocycles. The third kappa shape index (κ3) is 3.08. The molecule has 1 aliphatic heterocycles. The van der Waals surface area contributed by atoms with Crippen molar-refractivity contribution in [1.82, 2.24) is 4.90 Å². The molecule has 6 nitrogen and oxygen atoms in total. The first kappa shape index (κ1) is 13.5. The van der Waals surface area contributed by atoms with Gasteiger partial charge in [0, 0.05) is 36.8 Å². The number of carbonyl (C=O) groups excluding carboxylic acids is 1. The molecule has 0 aromatic heterocycles. The molecule has 1 aromatic carbocycles. The number of aryl methyl sites for hydroxylation is 1. The average molecular weight is 263 g/mol. The van der Waals surface area contributed by atoms with E-state index in [0.29, 0.717) is 24.2 Å². The van der Waals surface area contributed by atoms with Crippen molar-refractivity contribution in [3.63, 3.8) is 0 Å². The van der Waals surface area contributed by atoms with Crippen LogP contribution in [0.1, 0.15) is 28.8 Å². The van der Waals surface area contributed by atoms with Gasteiger partial charge in [0.15, 0.2) is 0 Å². The van der Waals surface area contributed by atoms with Crippen molar-refractivity contribution >= 4 is 11.6 Å². The summed E-state index contributed by atoms with van der Waals surface area (Å²) in [6.07, 6.45) is 1.79. The molecule has 6 heteroatoms. The number of amides is 1. The maximum atomic E-state index is 12.3. The fraction of sp³-hybridized carbons (Fsp3) is 0.462. The molecular formula is C13H17N3O3. The van der Waals surface area contributed by atoms with Crippen LogP contribution < -0.4 is 5.73 Å². The fourth-order valence-electron chi connectivity index (χ4n) is 2.37. The van der Waals surface area contributed by atoms with Gasteiger partial charge in [-0.1, -0.05) is 0 Å². The second-order valence-electron chi connectivity index (χ2n) is 4.97. The van der Waals surface area contributed by atoms with Gasteiger partial charge in [-0.25, -0.2) is 0 Å². The molecule has 2 rings (SSSR count). The van der Waals surface area contributed by atoms with E-state index >= 15 is 0 Å². The normalized spacial score (nSPS) is 19.3. The lowest BCUT2D eigenvalue weighted by molar-refractivity contribution is -0.384. The Balaban J connectivity index is 2.25. The number of non-ortho nitro benzene ring substituents is 1. The van der Waals surface area contributed by atoms with E-state index in [4.69, 9.17) is 5.73 Å². The summed E-state index contributed by atoms with van der Waals surface area (Å²) in [5.74, 6) is -0.179. The Morgan fingerprint density at radius 3 is 2.84 bits per heavy atom. The molecule has 1 amide bonds. The highest BCUT2D eigenvalue weighted by Gasteiger charge is 2.23. The number of likely N-dealkylation sites (tertiary alicyclic amines) is 1. The van der Waals surface area contributed by atoms with Gasteiger partial charge >= 0.3 is 0 Å². The predicted molar refractivity (Wildman–Crippen MR) is 70.9 cm³/mol. The highest BCUT2D eigenvalue weighted by atomic mass is 16.6. The lowest BCUT2D eigenvalue weighted by atomic mass is 10.0. The van der Waals surface area contributed by atoms with Gasteiger partial charge in [0.05, 0.1) is 4.92 Å². The summed E-state index contributed by atoms with van der Waals surface area (Å²) in [4.78, 5) is 24.3. The molecule has 0 saturated carbocycles. The number of piperidine rings is 1. The predicted octanol–water partition coefficient (Wildman–Crippen LogP) is 1.47. The molecule has 1 heterocycles. The number of hydrogen-bond donors (Lipinski definition) is 1. The maximum Gasteiger partial charge on any atom is 0.270 e. The van der Waals surface area contributed by atoms with Crippen LogP contribution >= 0.6 is 0 Å². The molecule has 0 bridgehead atoms. The van der Waals surface area contributed by atoms with Gasteiger partial charge in [0.2, 0.25) is 0 Å². The van der Waals surface area contributed by atoms with Gasteiger partial charge in [0.1, 0.15) is 0 Å². The number of carbonyl (C=O) groups is 1. The van der Waals surface area contributed by atoms with E-state index in [2.05, 4.69) is 0 Å². The summed E-state index contributed by atoms with van der Waals surface area (Å²) in [5.41, 5.74) is 6.86. The molecule has 1 aliphatic rings. The monoisotopic (exact) mass is 263 g/mol. The van der Waals surface area contributed by atoms with Gasteiger partial charge in [-0.2, -0.15) is 0 Å². The van der Waals surface area contributed by atoms with Crippen molar-refractivity contribution in [2.45, 2.75) is 25.8 Å². The Morgan fingerprint density at radius 2 is 2.21 bits per heavy atom. The van der Waals surface area contributed by atoms with E-state index in [1.54, 1.807) is 17.9 Å². The topological polar surface area (TPSA) is 89.5 Å². The smallest absolute Gasteiger partial charge is 0.270 e. The molecule has 1 atom stereocenters. The molecule has 1 aromatic rings. The third-order valence-corrected chi connectivity index (χ3v) is 3.26. The van der Waals surface area contributed by atoms with Crippen LogP contribution in [-0.4, -0.2) is 34.9 Å². The summed E-state index contributed by atoms with van der Waals surface area (Å²) in [5, 5.41) is 10.8. The van der Waals surface area contributed by atoms with Crippen LogP contribution in [0, 0.1) is 17.0 Å². The molecule has 1 fully saturated rings. The summed E-state index contributed by atoms with van der Waals surface area (Å²) in [7, 11) is 0. The second-order valence-corrected chi connectivity index (χ2v) is 4.97. The molecule has 102 valence electrons. The Morgan fingerprint density at radius 1 is 1.47 bits per heavy atom. The molecule has 0 unspecified atom stereocenters. The van der Waals surface area contributed by atoms with Crippen LogP contribution in [0.15, 0.2) is 18.2 Å². The minimum atomic E-state index is -0.480. The van der Waals surface area contributed by atoms with E-state index in [-0.39, 0.29) is 17.6 Å². The molecule has 1 saturated heterocycles. The van der Waals surface area contributed by atoms with Crippen LogP contribution in [0.4, 0.5) is 5.69 Å². The first-order valence-electron chi connectivity index (χ1n) is 6.28. The van der Waals surface area contributed by atoms with Crippen LogP contribution in [0.25, 0.3) is 0 Å². The Kier molecular flexibility index (Phi) is 3.80. The fourth-order valence-corrected chi connectivity index (χ4v) is 2.37. The van der Waals surface area contributed by atoms with Crippen LogP contribution in [0.5, 0.6) is 0 Å². The van der Waals surface area contributed by atoms with E-state index in [1.807, 2.05) is 0 Å². The molecular weight excluding hydrogens is 246 g/mol. The highest BCUT2D eigenvalue weighted by Crippen LogP contribution is 2.19. The summed E-state index contributed by atoms with van der Waals surface area (Å²) >= 11 is 0. The van der Waals surface area contributed by atoms with Gasteiger partial charge in [-0.15, -0.1) is 0 Å². The Labute approximate surface area is 111 Å². The van der Waals surface area contributed by atoms with Crippen molar-refractivity contribution in [2.75, 3.05) is 13.1 Å². The van der Waals surface area contributed by atoms with E-state index in [0.717, 1.165) is 12.8 Å². The second kappa shape index (κ2) is 5.36. The summed E-state index contributed by atoms with van der Waals surface area (Å²) in [6, 6.07) is 4.46. The van der Waals surface area contributed by atoms with Gasteiger partial charge < -0.3 is 10.6 Å². The Hall–Kier alpha value is -1.95. The largest absolute Gasteiger partial charge is 0.337 e. The van der Waals surface area contributed by atoms with Crippen LogP contribution in [0.3, 0.4) is 0 Å². The van der Waals surface area contributed by atoms with Crippen molar-refractivity contribution in [1.29, 1.82) is 0 Å². The summed E-state index contributed by atoms with van der Waals surface area (Å²) in [6.45, 7) is 2.92. The van der Waals surface area contributed by atoms with Gasteiger partial charge in [-0.05, 0) is 31.4 Å². The minimum absolute atomic E-state index is 0.00232. The van der Waals surface area contributed by atoms with Crippen LogP contribution in [-0.2, 0) is 0 Å². The van der Waals surface area contributed by atoms with Crippen molar-refractivity contribution in [2.24, 2.45) is 5.73 Å². The zero-order valence-electron chi connectivity index (χ0n) is 10.8. The first-order chi connectivity index (χ1) is 8.97. The maximum absolute atomic E-state index is 12.3.